The van der Waals surface area contributed by atoms with E-state index in [0.717, 1.165) is 61.5 Å². The molecule has 1 aliphatic heterocycles. The average Bonchev–Trinajstić information content (AvgIpc) is 1.21. The Morgan fingerprint density at radius 1 is 0.641 bits per heavy atom. The number of phosphoric ester groups is 1. The van der Waals surface area contributed by atoms with Crippen LogP contribution in [0.4, 0.5) is 22.4 Å². The number of benzene rings is 2. The van der Waals surface area contributed by atoms with Gasteiger partial charge in [0.1, 0.15) is 18.5 Å². The second-order valence-corrected chi connectivity index (χ2v) is 27.7. The molecule has 42 heteroatoms. The third-order valence-corrected chi connectivity index (χ3v) is 14.6. The van der Waals surface area contributed by atoms with E-state index >= 15 is 0 Å². The molecule has 1 atom stereocenters. The fourth-order valence-electron chi connectivity index (χ4n) is 8.01. The Bertz CT molecular complexity index is 3890. The number of aromatic nitrogens is 3. The van der Waals surface area contributed by atoms with E-state index in [1.165, 1.54) is 96.6 Å². The highest BCUT2D eigenvalue weighted by Gasteiger charge is 2.22. The van der Waals surface area contributed by atoms with E-state index in [-0.39, 0.29) is 73.5 Å². The van der Waals surface area contributed by atoms with E-state index in [4.69, 9.17) is 75.4 Å². The molecule has 2 amide bonds. The monoisotopic (exact) mass is 1860 g/mol. The number of rotatable bonds is 32. The van der Waals surface area contributed by atoms with E-state index in [2.05, 4.69) is 206 Å². The van der Waals surface area contributed by atoms with Crippen LogP contribution < -0.4 is 60.2 Å². The number of aliphatic imine (C=N–C) groups is 3. The number of epoxide rings is 1. The summed E-state index contributed by atoms with van der Waals surface area (Å²) >= 11 is 0. The van der Waals surface area contributed by atoms with Gasteiger partial charge in [-0.05, 0) is 124 Å². The van der Waals surface area contributed by atoms with Crippen molar-refractivity contribution in [3.63, 3.8) is 0 Å². The van der Waals surface area contributed by atoms with Crippen molar-refractivity contribution in [2.45, 2.75) is 156 Å². The number of nitrogens with zero attached hydrogens (tertiary/aromatic N) is 7. The molecule has 41 nitrogen and oxygen atoms in total. The van der Waals surface area contributed by atoms with Crippen molar-refractivity contribution in [2.75, 3.05) is 118 Å². The number of nitrogens with one attached hydrogen (secondary N) is 7. The number of nitrogen functional groups attached to an aromatic ring is 3. The quantitative estimate of drug-likeness (QED) is 0.00265. The minimum atomic E-state index is -4.46. The SMILES string of the molecule is C/C(=C\C(=O)O)C(=O)O.C=C(C)C(=O)OCCOP(=O)(O)O.C=CC(=O)OCC(=O)CC(C)=O.C=CCN=C(NC(C)C)NC(C)C.C=CCN=C(NC1CCCCC1)NC1CCCCC1.C=CCNC(=NC)NC.C=CCNC(N)=O.C=CCOCC1CO1.C=Cc1ccc(N)cc1.C=Cc1ccccc1.C=Cc1nc(N)nc(N)n1.CCN(C)C.O=C=O.O=C=O.O=C=O. The largest absolute Gasteiger partial charge is 0.478 e. The van der Waals surface area contributed by atoms with Crippen LogP contribution in [-0.2, 0) is 85.6 Å². The zero-order valence-corrected chi connectivity index (χ0v) is 78.8. The number of aliphatic carboxylic acids is 2. The summed E-state index contributed by atoms with van der Waals surface area (Å²) in [6.45, 7) is 54.4. The Kier molecular flexibility index (Phi) is 100. The number of ether oxygens (including phenoxy) is 4. The van der Waals surface area contributed by atoms with Crippen molar-refractivity contribution < 1.29 is 110 Å². The molecule has 2 aromatic carbocycles. The fourth-order valence-corrected chi connectivity index (χ4v) is 8.32. The normalized spacial score (nSPS) is 11.8. The number of guanidine groups is 3. The molecular formula is C89H143N18O23P. The topological polar surface area (TPSA) is 637 Å². The Labute approximate surface area is 771 Å². The number of primary amides is 1. The van der Waals surface area contributed by atoms with Crippen LogP contribution in [-0.4, -0.2) is 248 Å². The maximum absolute atomic E-state index is 10.7. The second-order valence-electron chi connectivity index (χ2n) is 26.5. The molecule has 1 unspecified atom stereocenters. The third kappa shape index (κ3) is 114. The number of anilines is 3. The van der Waals surface area contributed by atoms with Crippen molar-refractivity contribution >= 4 is 121 Å². The number of amides is 2. The average molecular weight is 1860 g/mol. The highest BCUT2D eigenvalue weighted by atomic mass is 31.2. The number of carboxylic acids is 2. The first kappa shape index (κ1) is 135. The molecule has 1 saturated heterocycles. The van der Waals surface area contributed by atoms with Gasteiger partial charge in [0, 0.05) is 80.3 Å². The second kappa shape index (κ2) is 97.0. The van der Waals surface area contributed by atoms with Crippen LogP contribution in [0.3, 0.4) is 0 Å². The number of hydrogen-bond acceptors (Lipinski definition) is 29. The molecule has 3 aliphatic rings. The van der Waals surface area contributed by atoms with Crippen molar-refractivity contribution in [2.24, 2.45) is 20.7 Å². The number of Topliss-reactive ketones (excluding diaryl/α,β-unsaturated/α-hetero) is 2. The third-order valence-electron chi connectivity index (χ3n) is 14.0. The number of carbonyl (C=O) groups is 7. The summed E-state index contributed by atoms with van der Waals surface area (Å²) < 4.78 is 33.0. The highest BCUT2D eigenvalue weighted by molar-refractivity contribution is 7.46. The van der Waals surface area contributed by atoms with Crippen molar-refractivity contribution in [1.29, 1.82) is 0 Å². The Balaban J connectivity index is -0.000000178. The molecule has 3 aromatic rings. The molecule has 2 heterocycles. The predicted octanol–water partition coefficient (Wildman–Crippen LogP) is 8.61. The lowest BCUT2D eigenvalue weighted by atomic mass is 9.95. The number of carbonyl (C=O) groups excluding carboxylic acids is 11. The molecule has 2 saturated carbocycles. The summed E-state index contributed by atoms with van der Waals surface area (Å²) in [6, 6.07) is 19.1. The molecule has 2 aliphatic carbocycles. The van der Waals surface area contributed by atoms with E-state index in [1.54, 1.807) is 37.4 Å². The van der Waals surface area contributed by atoms with Crippen LogP contribution in [0, 0.1) is 0 Å². The number of carboxylic acid groups (broad SMARTS) is 2. The molecule has 0 radical (unpaired) electrons. The zero-order valence-electron chi connectivity index (χ0n) is 77.9. The van der Waals surface area contributed by atoms with Crippen LogP contribution >= 0.6 is 7.82 Å². The van der Waals surface area contributed by atoms with Crippen molar-refractivity contribution in [3.05, 3.63) is 191 Å². The Hall–Kier alpha value is -13.6. The van der Waals surface area contributed by atoms with Gasteiger partial charge in [-0.1, -0.05) is 163 Å². The van der Waals surface area contributed by atoms with Gasteiger partial charge >= 0.3 is 56.2 Å². The van der Waals surface area contributed by atoms with Crippen LogP contribution in [0.15, 0.2) is 189 Å². The standard InChI is InChI=1S/C16H29N3.C10H21N3.C8H9N.C8H10O4.C8H8.C6H13N3.C6H11O6P.C6H10O2.C5H7N5.C5H6O4.C4H8N2O.C4H11N.3CO2/c1-2-13-17-16(18-14-9-5-3-6-10-14)19-15-11-7-4-8-12-15;1-6-7-11-10(12-8(2)3)13-9(4)5;1-2-7-3-5-8(9)6-4-7;1-3-8(11)12-5-7(10)4-6(2)9;1-2-8-6-4-3-5-7-8;1-4-5-9-6(7-2)8-3;1-5(2)6(7)11-3-4-12-13(8,9)10;1-2-3-7-4-6-5-8-6;1-2-3-8-4(6)10-5(7)9-3;1-3(5(8)9)2-4(6)7;1-2-3-6-4(5)7;1-4-5(2)3;3*2-1-3/h2,14-15H,1,3-13H2,(H2,17,18,19);6,8-9H,1,7H2,2-5H3,(H2,11,12,13);2-6H,1,9H2;3H,1,4-5H2,2H3;2-7H,1H2;4H,1,5H2,2-3H3,(H2,7,8,9);1,3-4H2,2H3,(H2,8,9,10);2,6H,1,3-5H2;2H,1H2,(H4,6,7,8,9,10);2H,1H3,(H,6,7)(H,8,9);2H,1,3H2,(H3,5,6,7);4H2,1-3H3;;;/b;;;;;;;;;3-2+;;;;;. The number of hydrogen-bond donors (Lipinski definition) is 15. The number of nitrogens with two attached hydrogens (primary N) is 4. The predicted molar refractivity (Wildman–Crippen MR) is 510 cm³/mol. The minimum Gasteiger partial charge on any atom is -0.478 e. The summed E-state index contributed by atoms with van der Waals surface area (Å²) in [6.07, 6.45) is 29.7. The summed E-state index contributed by atoms with van der Waals surface area (Å²) in [5.41, 5.74) is 23.7. The molecule has 1 aromatic heterocycles. The number of urea groups is 1. The maximum atomic E-state index is 10.7. The van der Waals surface area contributed by atoms with Crippen LogP contribution in [0.1, 0.15) is 143 Å². The van der Waals surface area contributed by atoms with Gasteiger partial charge in [-0.2, -0.15) is 43.7 Å². The van der Waals surface area contributed by atoms with Gasteiger partial charge in [-0.3, -0.25) is 19.1 Å². The van der Waals surface area contributed by atoms with E-state index in [0.29, 0.717) is 68.4 Å². The number of phosphoric acid groups is 1. The van der Waals surface area contributed by atoms with Crippen LogP contribution in [0.2, 0.25) is 0 Å². The molecule has 131 heavy (non-hydrogen) atoms. The summed E-state index contributed by atoms with van der Waals surface area (Å²) in [4.78, 5) is 163. The smallest absolute Gasteiger partial charge is 0.469 e. The molecule has 6 rings (SSSR count). The fraction of sp³-hybridized carbons (Fsp3) is 0.438. The molecule has 3 fully saturated rings. The summed E-state index contributed by atoms with van der Waals surface area (Å²) in [7, 11) is 3.19. The molecule has 732 valence electrons. The minimum absolute atomic E-state index is 0.113. The van der Waals surface area contributed by atoms with Crippen LogP contribution in [0.5, 0.6) is 0 Å². The van der Waals surface area contributed by atoms with Gasteiger partial charge in [0.25, 0.3) is 0 Å². The first-order chi connectivity index (χ1) is 61.9. The molecular weight excluding hydrogens is 1720 g/mol. The summed E-state index contributed by atoms with van der Waals surface area (Å²) in [5, 5.41) is 38.0. The maximum Gasteiger partial charge on any atom is 0.469 e. The number of ketones is 2. The van der Waals surface area contributed by atoms with Crippen molar-refractivity contribution in [1.82, 2.24) is 57.1 Å². The molecule has 19 N–H and O–H groups in total. The van der Waals surface area contributed by atoms with Gasteiger partial charge in [0.15, 0.2) is 36.1 Å². The van der Waals surface area contributed by atoms with E-state index in [1.807, 2.05) is 73.8 Å². The first-order valence-electron chi connectivity index (χ1n) is 40.4. The van der Waals surface area contributed by atoms with Gasteiger partial charge in [-0.15, -0.1) is 32.9 Å². The van der Waals surface area contributed by atoms with E-state index < -0.39 is 43.5 Å². The first-order valence-corrected chi connectivity index (χ1v) is 41.9. The molecule has 0 bridgehead atoms. The van der Waals surface area contributed by atoms with E-state index in [9.17, 15) is 38.1 Å². The van der Waals surface area contributed by atoms with Crippen LogP contribution in [0.25, 0.3) is 18.2 Å². The Morgan fingerprint density at radius 2 is 1.08 bits per heavy atom. The van der Waals surface area contributed by atoms with Crippen molar-refractivity contribution in [3.8, 4) is 0 Å². The van der Waals surface area contributed by atoms with Gasteiger partial charge < -0.3 is 104 Å². The Morgan fingerprint density at radius 3 is 1.40 bits per heavy atom. The van der Waals surface area contributed by atoms with Gasteiger partial charge in [0.2, 0.25) is 11.9 Å². The molecule has 0 spiro atoms. The van der Waals surface area contributed by atoms with Gasteiger partial charge in [-0.25, -0.2) is 38.5 Å². The zero-order chi connectivity index (χ0) is 102. The summed E-state index contributed by atoms with van der Waals surface area (Å²) in [5.74, 6) is -1.10. The number of esters is 2. The lowest BCUT2D eigenvalue weighted by molar-refractivity contribution is -0.193. The van der Waals surface area contributed by atoms with Gasteiger partial charge in [0.05, 0.1) is 45.9 Å². The lowest BCUT2D eigenvalue weighted by Gasteiger charge is -2.29. The highest BCUT2D eigenvalue weighted by Crippen LogP contribution is 2.35. The lowest BCUT2D eigenvalue weighted by Crippen LogP contribution is -2.48.